The molecule has 0 saturated carbocycles. The van der Waals surface area contributed by atoms with Crippen LogP contribution in [0.4, 0.5) is 0 Å². The Morgan fingerprint density at radius 1 is 0.889 bits per heavy atom. The summed E-state index contributed by atoms with van der Waals surface area (Å²) in [4.78, 5) is 0. The predicted molar refractivity (Wildman–Crippen MR) is 72.0 cm³/mol. The molecule has 0 aliphatic heterocycles. The molecule has 0 atom stereocenters. The van der Waals surface area contributed by atoms with Crippen LogP contribution in [0.1, 0.15) is 5.56 Å². The second-order valence-electron chi connectivity index (χ2n) is 4.22. The molecule has 18 heavy (non-hydrogen) atoms. The number of aromatic nitrogens is 3. The highest BCUT2D eigenvalue weighted by molar-refractivity contribution is 5.78. The van der Waals surface area contributed by atoms with E-state index in [1.54, 1.807) is 0 Å². The van der Waals surface area contributed by atoms with Crippen molar-refractivity contribution in [2.45, 2.75) is 6.92 Å². The van der Waals surface area contributed by atoms with Crippen molar-refractivity contribution in [2.75, 3.05) is 0 Å². The molecule has 3 rings (SSSR count). The zero-order chi connectivity index (χ0) is 12.4. The van der Waals surface area contributed by atoms with Crippen LogP contribution in [0.2, 0.25) is 0 Å². The van der Waals surface area contributed by atoms with Crippen LogP contribution < -0.4 is 0 Å². The van der Waals surface area contributed by atoms with Gasteiger partial charge in [-0.15, -0.1) is 5.10 Å². The average molecular weight is 235 g/mol. The van der Waals surface area contributed by atoms with Gasteiger partial charge in [0, 0.05) is 11.1 Å². The summed E-state index contributed by atoms with van der Waals surface area (Å²) in [5.74, 6) is 0. The summed E-state index contributed by atoms with van der Waals surface area (Å²) >= 11 is 0. The molecule has 0 aliphatic carbocycles. The lowest BCUT2D eigenvalue weighted by atomic mass is 10.0. The summed E-state index contributed by atoms with van der Waals surface area (Å²) in [6.45, 7) is 2.09. The Morgan fingerprint density at radius 2 is 1.61 bits per heavy atom. The van der Waals surface area contributed by atoms with Crippen LogP contribution >= 0.6 is 0 Å². The van der Waals surface area contributed by atoms with Crippen molar-refractivity contribution in [1.29, 1.82) is 0 Å². The fourth-order valence-corrected chi connectivity index (χ4v) is 2.07. The van der Waals surface area contributed by atoms with Gasteiger partial charge in [-0.3, -0.25) is 5.10 Å². The van der Waals surface area contributed by atoms with E-state index >= 15 is 0 Å². The van der Waals surface area contributed by atoms with E-state index in [1.165, 1.54) is 5.56 Å². The van der Waals surface area contributed by atoms with Gasteiger partial charge in [-0.1, -0.05) is 59.8 Å². The first-order valence-corrected chi connectivity index (χ1v) is 5.89. The zero-order valence-electron chi connectivity index (χ0n) is 10.1. The number of rotatable bonds is 2. The first-order chi connectivity index (χ1) is 8.86. The van der Waals surface area contributed by atoms with Crippen LogP contribution in [0.25, 0.3) is 22.5 Å². The Labute approximate surface area is 105 Å². The van der Waals surface area contributed by atoms with Crippen molar-refractivity contribution >= 4 is 0 Å². The molecular formula is C15H13N3. The number of aryl methyl sites for hydroxylation is 1. The van der Waals surface area contributed by atoms with E-state index in [0.717, 1.165) is 22.5 Å². The van der Waals surface area contributed by atoms with Gasteiger partial charge in [-0.05, 0) is 12.5 Å². The topological polar surface area (TPSA) is 41.6 Å². The summed E-state index contributed by atoms with van der Waals surface area (Å²) in [5, 5.41) is 11.1. The van der Waals surface area contributed by atoms with E-state index in [2.05, 4.69) is 34.5 Å². The molecular weight excluding hydrogens is 222 g/mol. The number of nitrogens with one attached hydrogen (secondary N) is 1. The third kappa shape index (κ3) is 1.80. The van der Waals surface area contributed by atoms with Gasteiger partial charge < -0.3 is 0 Å². The van der Waals surface area contributed by atoms with Gasteiger partial charge in [0.2, 0.25) is 0 Å². The van der Waals surface area contributed by atoms with Crippen LogP contribution in [-0.2, 0) is 0 Å². The Morgan fingerprint density at radius 3 is 2.39 bits per heavy atom. The van der Waals surface area contributed by atoms with Crippen molar-refractivity contribution in [3.8, 4) is 22.5 Å². The van der Waals surface area contributed by atoms with Crippen molar-refractivity contribution < 1.29 is 0 Å². The molecule has 2 aromatic carbocycles. The largest absolute Gasteiger partial charge is 0.257 e. The summed E-state index contributed by atoms with van der Waals surface area (Å²) in [6, 6.07) is 18.3. The lowest BCUT2D eigenvalue weighted by molar-refractivity contribution is 0.944. The van der Waals surface area contributed by atoms with E-state index in [9.17, 15) is 0 Å². The van der Waals surface area contributed by atoms with Crippen molar-refractivity contribution in [3.63, 3.8) is 0 Å². The maximum atomic E-state index is 4.20. The van der Waals surface area contributed by atoms with E-state index in [4.69, 9.17) is 0 Å². The molecule has 3 heteroatoms. The number of H-pyrrole nitrogens is 1. The number of hydrogen-bond donors (Lipinski definition) is 1. The highest BCUT2D eigenvalue weighted by atomic mass is 15.3. The van der Waals surface area contributed by atoms with E-state index in [-0.39, 0.29) is 0 Å². The average Bonchev–Trinajstić information content (AvgIpc) is 2.89. The molecule has 0 unspecified atom stereocenters. The van der Waals surface area contributed by atoms with Crippen molar-refractivity contribution in [1.82, 2.24) is 15.4 Å². The highest BCUT2D eigenvalue weighted by Crippen LogP contribution is 2.29. The number of aromatic amines is 1. The molecule has 1 aromatic heterocycles. The summed E-state index contributed by atoms with van der Waals surface area (Å²) in [6.07, 6.45) is 0. The third-order valence-electron chi connectivity index (χ3n) is 3.01. The molecule has 1 heterocycles. The monoisotopic (exact) mass is 235 g/mol. The maximum Gasteiger partial charge on any atom is 0.120 e. The van der Waals surface area contributed by atoms with E-state index < -0.39 is 0 Å². The van der Waals surface area contributed by atoms with Crippen LogP contribution in [0, 0.1) is 6.92 Å². The standard InChI is InChI=1S/C15H13N3/c1-11-7-5-6-10-13(11)15-14(16-18-17-15)12-8-3-2-4-9-12/h2-10H,1H3,(H,16,17,18). The molecule has 0 radical (unpaired) electrons. The van der Waals surface area contributed by atoms with Crippen molar-refractivity contribution in [3.05, 3.63) is 60.2 Å². The first-order valence-electron chi connectivity index (χ1n) is 5.89. The van der Waals surface area contributed by atoms with Crippen LogP contribution in [0.15, 0.2) is 54.6 Å². The zero-order valence-corrected chi connectivity index (χ0v) is 10.1. The highest BCUT2D eigenvalue weighted by Gasteiger charge is 2.12. The molecule has 3 nitrogen and oxygen atoms in total. The molecule has 0 fully saturated rings. The minimum atomic E-state index is 0.893. The third-order valence-corrected chi connectivity index (χ3v) is 3.01. The normalized spacial score (nSPS) is 10.5. The summed E-state index contributed by atoms with van der Waals surface area (Å²) < 4.78 is 0. The quantitative estimate of drug-likeness (QED) is 0.739. The van der Waals surface area contributed by atoms with Gasteiger partial charge in [-0.25, -0.2) is 0 Å². The van der Waals surface area contributed by atoms with Gasteiger partial charge in [0.1, 0.15) is 5.69 Å². The molecule has 0 saturated heterocycles. The van der Waals surface area contributed by atoms with E-state index in [1.807, 2.05) is 42.5 Å². The second-order valence-corrected chi connectivity index (χ2v) is 4.22. The summed E-state index contributed by atoms with van der Waals surface area (Å²) in [7, 11) is 0. The molecule has 3 aromatic rings. The van der Waals surface area contributed by atoms with E-state index in [0.29, 0.717) is 0 Å². The molecule has 0 bridgehead atoms. The number of nitrogens with zero attached hydrogens (tertiary/aromatic N) is 2. The van der Waals surface area contributed by atoms with Gasteiger partial charge in [0.05, 0.1) is 5.69 Å². The molecule has 0 spiro atoms. The van der Waals surface area contributed by atoms with Crippen LogP contribution in [0.5, 0.6) is 0 Å². The summed E-state index contributed by atoms with van der Waals surface area (Å²) in [5.41, 5.74) is 5.29. The molecule has 0 aliphatic rings. The first kappa shape index (κ1) is 10.7. The second kappa shape index (κ2) is 4.45. The molecule has 88 valence electrons. The van der Waals surface area contributed by atoms with Crippen molar-refractivity contribution in [2.24, 2.45) is 0 Å². The Bertz CT molecular complexity index is 656. The van der Waals surface area contributed by atoms with Gasteiger partial charge in [-0.2, -0.15) is 0 Å². The number of benzene rings is 2. The van der Waals surface area contributed by atoms with Crippen LogP contribution in [-0.4, -0.2) is 15.4 Å². The molecule has 1 N–H and O–H groups in total. The van der Waals surface area contributed by atoms with Gasteiger partial charge in [0.15, 0.2) is 0 Å². The molecule has 0 amide bonds. The van der Waals surface area contributed by atoms with Crippen LogP contribution in [0.3, 0.4) is 0 Å². The predicted octanol–water partition coefficient (Wildman–Crippen LogP) is 3.45. The maximum absolute atomic E-state index is 4.20. The Kier molecular flexibility index (Phi) is 2.65. The lowest BCUT2D eigenvalue weighted by Crippen LogP contribution is -1.86. The number of hydrogen-bond acceptors (Lipinski definition) is 2. The minimum absolute atomic E-state index is 0.893. The SMILES string of the molecule is Cc1ccccc1-c1[nH]nnc1-c1ccccc1. The Balaban J connectivity index is 2.16. The fraction of sp³-hybridized carbons (Fsp3) is 0.0667. The lowest BCUT2D eigenvalue weighted by Gasteiger charge is -2.05. The van der Waals surface area contributed by atoms with Gasteiger partial charge in [0.25, 0.3) is 0 Å². The van der Waals surface area contributed by atoms with Gasteiger partial charge >= 0.3 is 0 Å². The Hall–Kier alpha value is -2.42. The smallest absolute Gasteiger partial charge is 0.120 e. The fourth-order valence-electron chi connectivity index (χ4n) is 2.07. The minimum Gasteiger partial charge on any atom is -0.257 e.